The van der Waals surface area contributed by atoms with Gasteiger partial charge in [-0.15, -0.1) is 0 Å². The summed E-state index contributed by atoms with van der Waals surface area (Å²) in [4.78, 5) is 15.0. The Morgan fingerprint density at radius 3 is 2.64 bits per heavy atom. The molecule has 0 atom stereocenters. The zero-order chi connectivity index (χ0) is 15.9. The van der Waals surface area contributed by atoms with Gasteiger partial charge in [0, 0.05) is 13.2 Å². The van der Waals surface area contributed by atoms with Crippen molar-refractivity contribution in [3.05, 3.63) is 53.2 Å². The van der Waals surface area contributed by atoms with Crippen LogP contribution >= 0.6 is 0 Å². The van der Waals surface area contributed by atoms with Crippen LogP contribution < -0.4 is 0 Å². The number of aromatic nitrogens is 1. The number of hydrogen-bond donors (Lipinski definition) is 0. The first-order chi connectivity index (χ1) is 10.6. The Balaban J connectivity index is 2.07. The maximum atomic E-state index is 4.49. The van der Waals surface area contributed by atoms with Gasteiger partial charge >= 0.3 is 0 Å². The lowest BCUT2D eigenvalue weighted by molar-refractivity contribution is 0.800. The van der Waals surface area contributed by atoms with Crippen LogP contribution in [0, 0.1) is 13.8 Å². The third-order valence-electron chi connectivity index (χ3n) is 3.34. The minimum atomic E-state index is 0.761. The van der Waals surface area contributed by atoms with Crippen molar-refractivity contribution in [3.8, 4) is 0 Å². The number of pyridine rings is 1. The Bertz CT molecular complexity index is 689. The van der Waals surface area contributed by atoms with E-state index in [-0.39, 0.29) is 0 Å². The van der Waals surface area contributed by atoms with Crippen LogP contribution in [0.3, 0.4) is 0 Å². The van der Waals surface area contributed by atoms with E-state index < -0.39 is 0 Å². The summed E-state index contributed by atoms with van der Waals surface area (Å²) in [6.45, 7) is 6.24. The summed E-state index contributed by atoms with van der Waals surface area (Å²) in [6, 6.07) is 10.2. The maximum Gasteiger partial charge on any atom is 0.156 e. The molecule has 22 heavy (non-hydrogen) atoms. The van der Waals surface area contributed by atoms with Crippen LogP contribution in [0.2, 0.25) is 0 Å². The lowest BCUT2D eigenvalue weighted by atomic mass is 10.1. The van der Waals surface area contributed by atoms with Crippen LogP contribution in [-0.2, 0) is 6.42 Å². The quantitative estimate of drug-likeness (QED) is 0.612. The molecule has 2 rings (SSSR count). The Labute approximate surface area is 132 Å². The molecule has 114 valence electrons. The fourth-order valence-corrected chi connectivity index (χ4v) is 2.10. The molecule has 4 nitrogen and oxygen atoms in total. The van der Waals surface area contributed by atoms with E-state index in [4.69, 9.17) is 0 Å². The molecule has 2 aromatic rings. The molecule has 0 aliphatic heterocycles. The van der Waals surface area contributed by atoms with Crippen molar-refractivity contribution in [3.63, 3.8) is 0 Å². The van der Waals surface area contributed by atoms with E-state index in [0.717, 1.165) is 23.5 Å². The molecule has 0 radical (unpaired) electrons. The highest BCUT2D eigenvalue weighted by Gasteiger charge is 1.99. The topological polar surface area (TPSA) is 40.9 Å². The average Bonchev–Trinajstić information content (AvgIpc) is 2.52. The maximum absolute atomic E-state index is 4.49. The molecule has 0 N–H and O–H groups in total. The third kappa shape index (κ3) is 4.25. The summed E-state index contributed by atoms with van der Waals surface area (Å²) in [5.41, 5.74) is 4.52. The number of aryl methyl sites for hydroxylation is 3. The molecule has 0 fully saturated rings. The summed E-state index contributed by atoms with van der Waals surface area (Å²) >= 11 is 0. The Morgan fingerprint density at radius 2 is 1.91 bits per heavy atom. The molecule has 0 aliphatic rings. The fourth-order valence-electron chi connectivity index (χ4n) is 2.10. The Kier molecular flexibility index (Phi) is 5.42. The largest absolute Gasteiger partial charge is 0.326 e. The van der Waals surface area contributed by atoms with E-state index in [1.54, 1.807) is 18.9 Å². The van der Waals surface area contributed by atoms with Gasteiger partial charge in [0.2, 0.25) is 0 Å². The second kappa shape index (κ2) is 7.50. The molecule has 1 aromatic carbocycles. The molecular weight excluding hydrogens is 272 g/mol. The van der Waals surface area contributed by atoms with E-state index in [0.29, 0.717) is 0 Å². The number of nitrogens with zero attached hydrogens (tertiary/aromatic N) is 4. The van der Waals surface area contributed by atoms with E-state index >= 15 is 0 Å². The molecule has 0 saturated heterocycles. The monoisotopic (exact) mass is 294 g/mol. The normalized spacial score (nSPS) is 11.5. The average molecular weight is 294 g/mol. The first-order valence-electron chi connectivity index (χ1n) is 7.41. The van der Waals surface area contributed by atoms with E-state index in [9.17, 15) is 0 Å². The summed E-state index contributed by atoms with van der Waals surface area (Å²) in [6.07, 6.45) is 6.17. The summed E-state index contributed by atoms with van der Waals surface area (Å²) in [5.74, 6) is 0.761. The number of rotatable bonds is 5. The predicted molar refractivity (Wildman–Crippen MR) is 93.6 cm³/mol. The first kappa shape index (κ1) is 15.9. The summed E-state index contributed by atoms with van der Waals surface area (Å²) < 4.78 is 0. The van der Waals surface area contributed by atoms with Gasteiger partial charge in [0.15, 0.2) is 5.82 Å². The van der Waals surface area contributed by atoms with E-state index in [1.165, 1.54) is 11.1 Å². The van der Waals surface area contributed by atoms with Gasteiger partial charge in [-0.25, -0.2) is 15.0 Å². The van der Waals surface area contributed by atoms with Crippen LogP contribution in [0.25, 0.3) is 0 Å². The van der Waals surface area contributed by atoms with Crippen LogP contribution in [0.5, 0.6) is 0 Å². The number of benzene rings is 1. The second-order valence-corrected chi connectivity index (χ2v) is 5.28. The summed E-state index contributed by atoms with van der Waals surface area (Å²) in [7, 11) is 1.91. The Morgan fingerprint density at radius 1 is 1.14 bits per heavy atom. The van der Waals surface area contributed by atoms with Crippen LogP contribution in [0.1, 0.15) is 23.6 Å². The second-order valence-electron chi connectivity index (χ2n) is 5.28. The van der Waals surface area contributed by atoms with Crippen molar-refractivity contribution >= 4 is 24.2 Å². The highest BCUT2D eigenvalue weighted by Crippen LogP contribution is 2.19. The van der Waals surface area contributed by atoms with Gasteiger partial charge in [0.25, 0.3) is 0 Å². The van der Waals surface area contributed by atoms with Crippen molar-refractivity contribution < 1.29 is 0 Å². The fraction of sp³-hybridized carbons (Fsp3) is 0.278. The first-order valence-corrected chi connectivity index (χ1v) is 7.41. The smallest absolute Gasteiger partial charge is 0.156 e. The SMILES string of the molecule is CCc1cccnc1N=CN(C)C=Nc1ccc(C)cc1C. The van der Waals surface area contributed by atoms with Crippen LogP contribution in [0.4, 0.5) is 11.5 Å². The Hall–Kier alpha value is -2.49. The molecule has 0 aliphatic carbocycles. The van der Waals surface area contributed by atoms with Gasteiger partial charge in [-0.05, 0) is 43.5 Å². The highest BCUT2D eigenvalue weighted by molar-refractivity contribution is 5.78. The van der Waals surface area contributed by atoms with Crippen molar-refractivity contribution in [1.29, 1.82) is 0 Å². The molecule has 1 aromatic heterocycles. The van der Waals surface area contributed by atoms with Gasteiger partial charge in [-0.3, -0.25) is 0 Å². The van der Waals surface area contributed by atoms with Gasteiger partial charge in [0.1, 0.15) is 0 Å². The third-order valence-corrected chi connectivity index (χ3v) is 3.34. The van der Waals surface area contributed by atoms with Gasteiger partial charge in [0.05, 0.1) is 18.4 Å². The number of hydrogen-bond acceptors (Lipinski definition) is 3. The molecule has 1 heterocycles. The van der Waals surface area contributed by atoms with Gasteiger partial charge in [-0.2, -0.15) is 0 Å². The molecule has 0 unspecified atom stereocenters. The van der Waals surface area contributed by atoms with Crippen molar-refractivity contribution in [2.75, 3.05) is 7.05 Å². The molecule has 0 bridgehead atoms. The highest BCUT2D eigenvalue weighted by atomic mass is 15.2. The van der Waals surface area contributed by atoms with E-state index in [2.05, 4.69) is 47.9 Å². The van der Waals surface area contributed by atoms with Gasteiger partial charge < -0.3 is 4.90 Å². The van der Waals surface area contributed by atoms with Crippen LogP contribution in [0.15, 0.2) is 46.5 Å². The van der Waals surface area contributed by atoms with Crippen molar-refractivity contribution in [2.45, 2.75) is 27.2 Å². The summed E-state index contributed by atoms with van der Waals surface area (Å²) in [5, 5.41) is 0. The van der Waals surface area contributed by atoms with Crippen molar-refractivity contribution in [2.24, 2.45) is 9.98 Å². The molecular formula is C18H22N4. The van der Waals surface area contributed by atoms with Gasteiger partial charge in [-0.1, -0.05) is 30.7 Å². The minimum absolute atomic E-state index is 0.761. The number of aliphatic imine (C=N–C) groups is 2. The molecule has 0 saturated carbocycles. The molecule has 0 spiro atoms. The zero-order valence-electron chi connectivity index (χ0n) is 13.6. The lowest BCUT2D eigenvalue weighted by Gasteiger charge is -2.07. The predicted octanol–water partition coefficient (Wildman–Crippen LogP) is 4.21. The molecule has 0 amide bonds. The van der Waals surface area contributed by atoms with Crippen LogP contribution in [-0.4, -0.2) is 29.6 Å². The minimum Gasteiger partial charge on any atom is -0.326 e. The molecule has 4 heteroatoms. The zero-order valence-corrected chi connectivity index (χ0v) is 13.6. The van der Waals surface area contributed by atoms with E-state index in [1.807, 2.05) is 30.1 Å². The van der Waals surface area contributed by atoms with Crippen molar-refractivity contribution in [1.82, 2.24) is 9.88 Å². The standard InChI is InChI=1S/C18H22N4/c1-5-16-7-6-10-19-18(16)21-13-22(4)12-20-17-9-8-14(2)11-15(17)3/h6-13H,5H2,1-4H3. The lowest BCUT2D eigenvalue weighted by Crippen LogP contribution is -2.12.